The number of hydrogen-bond donors (Lipinski definition) is 2. The predicted octanol–water partition coefficient (Wildman–Crippen LogP) is 1.32. The van der Waals surface area contributed by atoms with Gasteiger partial charge in [-0.3, -0.25) is 9.89 Å². The maximum Gasteiger partial charge on any atom is 0.271 e. The van der Waals surface area contributed by atoms with Crippen molar-refractivity contribution in [1.29, 1.82) is 0 Å². The van der Waals surface area contributed by atoms with Crippen LogP contribution in [0.15, 0.2) is 29.1 Å². The third-order valence-electron chi connectivity index (χ3n) is 2.31. The third kappa shape index (κ3) is 3.36. The minimum atomic E-state index is -0.181. The summed E-state index contributed by atoms with van der Waals surface area (Å²) in [6, 6.07) is 3.56. The molecular weight excluding hydrogens is 298 g/mol. The number of aryl methyl sites for hydroxylation is 1. The normalized spacial score (nSPS) is 10.3. The van der Waals surface area contributed by atoms with Gasteiger partial charge < -0.3 is 5.32 Å². The van der Waals surface area contributed by atoms with E-state index in [9.17, 15) is 4.79 Å². The van der Waals surface area contributed by atoms with Gasteiger partial charge in [0, 0.05) is 23.6 Å². The molecule has 2 rings (SSSR count). The Morgan fingerprint density at radius 3 is 3.06 bits per heavy atom. The number of H-pyrrole nitrogens is 1. The standard InChI is InChI=1S/C11H12BrN5O/c12-8-3-1-5-13-10(8)11(18)14-6-2-4-9-15-7-16-17-9/h1,3,5,7H,2,4,6H2,(H,14,18)(H,15,16,17). The lowest BCUT2D eigenvalue weighted by Gasteiger charge is -2.04. The first kappa shape index (κ1) is 12.7. The molecule has 2 aromatic rings. The van der Waals surface area contributed by atoms with E-state index < -0.39 is 0 Å². The van der Waals surface area contributed by atoms with E-state index in [0.29, 0.717) is 16.7 Å². The Hall–Kier alpha value is -1.76. The molecule has 7 heteroatoms. The molecule has 0 bridgehead atoms. The molecule has 94 valence electrons. The smallest absolute Gasteiger partial charge is 0.271 e. The summed E-state index contributed by atoms with van der Waals surface area (Å²) in [5.41, 5.74) is 0.400. The Morgan fingerprint density at radius 2 is 2.33 bits per heavy atom. The van der Waals surface area contributed by atoms with Crippen molar-refractivity contribution < 1.29 is 4.79 Å². The van der Waals surface area contributed by atoms with Crippen molar-refractivity contribution in [2.75, 3.05) is 6.54 Å². The van der Waals surface area contributed by atoms with E-state index in [1.807, 2.05) is 0 Å². The summed E-state index contributed by atoms with van der Waals surface area (Å²) < 4.78 is 0.692. The molecule has 0 aliphatic carbocycles. The van der Waals surface area contributed by atoms with Crippen molar-refractivity contribution in [3.63, 3.8) is 0 Å². The van der Waals surface area contributed by atoms with E-state index in [4.69, 9.17) is 0 Å². The number of amides is 1. The average Bonchev–Trinajstić information content (AvgIpc) is 2.88. The fourth-order valence-electron chi connectivity index (χ4n) is 1.45. The van der Waals surface area contributed by atoms with Gasteiger partial charge in [-0.15, -0.1) is 0 Å². The zero-order valence-electron chi connectivity index (χ0n) is 9.56. The highest BCUT2D eigenvalue weighted by Crippen LogP contribution is 2.12. The second-order valence-corrected chi connectivity index (χ2v) is 4.48. The molecule has 0 saturated heterocycles. The maximum absolute atomic E-state index is 11.8. The molecule has 2 heterocycles. The van der Waals surface area contributed by atoms with Gasteiger partial charge in [-0.1, -0.05) is 0 Å². The molecule has 6 nitrogen and oxygen atoms in total. The molecule has 0 spiro atoms. The lowest BCUT2D eigenvalue weighted by molar-refractivity contribution is 0.0947. The van der Waals surface area contributed by atoms with E-state index in [-0.39, 0.29) is 5.91 Å². The van der Waals surface area contributed by atoms with Gasteiger partial charge in [-0.05, 0) is 34.5 Å². The van der Waals surface area contributed by atoms with Crippen molar-refractivity contribution >= 4 is 21.8 Å². The van der Waals surface area contributed by atoms with Crippen molar-refractivity contribution in [3.8, 4) is 0 Å². The number of aromatic amines is 1. The van der Waals surface area contributed by atoms with Crippen LogP contribution in [0, 0.1) is 0 Å². The van der Waals surface area contributed by atoms with Crippen LogP contribution in [0.5, 0.6) is 0 Å². The van der Waals surface area contributed by atoms with Crippen LogP contribution < -0.4 is 5.32 Å². The number of carbonyl (C=O) groups is 1. The van der Waals surface area contributed by atoms with Gasteiger partial charge in [-0.25, -0.2) is 9.97 Å². The van der Waals surface area contributed by atoms with Crippen LogP contribution in [0.25, 0.3) is 0 Å². The SMILES string of the molecule is O=C(NCCCc1ncn[nH]1)c1ncccc1Br. The molecule has 0 aliphatic rings. The zero-order chi connectivity index (χ0) is 12.8. The van der Waals surface area contributed by atoms with E-state index >= 15 is 0 Å². The van der Waals surface area contributed by atoms with E-state index in [1.165, 1.54) is 6.33 Å². The van der Waals surface area contributed by atoms with Crippen LogP contribution in [0.4, 0.5) is 0 Å². The molecule has 0 unspecified atom stereocenters. The van der Waals surface area contributed by atoms with Crippen LogP contribution in [-0.2, 0) is 6.42 Å². The minimum Gasteiger partial charge on any atom is -0.351 e. The highest BCUT2D eigenvalue weighted by Gasteiger charge is 2.09. The molecule has 0 saturated carbocycles. The van der Waals surface area contributed by atoms with Crippen molar-refractivity contribution in [3.05, 3.63) is 40.6 Å². The minimum absolute atomic E-state index is 0.181. The molecule has 1 amide bonds. The first-order chi connectivity index (χ1) is 8.77. The Kier molecular flexibility index (Phi) is 4.40. The summed E-state index contributed by atoms with van der Waals surface area (Å²) in [7, 11) is 0. The molecule has 0 atom stereocenters. The fraction of sp³-hybridized carbons (Fsp3) is 0.273. The summed E-state index contributed by atoms with van der Waals surface area (Å²) in [6.07, 6.45) is 4.61. The number of nitrogens with zero attached hydrogens (tertiary/aromatic N) is 3. The van der Waals surface area contributed by atoms with Crippen molar-refractivity contribution in [2.45, 2.75) is 12.8 Å². The Balaban J connectivity index is 1.77. The van der Waals surface area contributed by atoms with Crippen LogP contribution >= 0.6 is 15.9 Å². The molecule has 0 aliphatic heterocycles. The van der Waals surface area contributed by atoms with Crippen molar-refractivity contribution in [1.82, 2.24) is 25.5 Å². The number of carbonyl (C=O) groups excluding carboxylic acids is 1. The van der Waals surface area contributed by atoms with Gasteiger partial charge in [0.1, 0.15) is 17.8 Å². The monoisotopic (exact) mass is 309 g/mol. The van der Waals surface area contributed by atoms with Crippen LogP contribution in [0.3, 0.4) is 0 Å². The summed E-state index contributed by atoms with van der Waals surface area (Å²) in [5.74, 6) is 0.642. The molecular formula is C11H12BrN5O. The number of halogens is 1. The summed E-state index contributed by atoms with van der Waals surface area (Å²) in [4.78, 5) is 19.8. The summed E-state index contributed by atoms with van der Waals surface area (Å²) in [6.45, 7) is 0.572. The predicted molar refractivity (Wildman–Crippen MR) is 69.0 cm³/mol. The number of hydrogen-bond acceptors (Lipinski definition) is 4. The number of nitrogens with one attached hydrogen (secondary N) is 2. The molecule has 0 fully saturated rings. The Morgan fingerprint density at radius 1 is 1.44 bits per heavy atom. The molecule has 2 N–H and O–H groups in total. The van der Waals surface area contributed by atoms with Gasteiger partial charge in [-0.2, -0.15) is 5.10 Å². The highest BCUT2D eigenvalue weighted by molar-refractivity contribution is 9.10. The first-order valence-electron chi connectivity index (χ1n) is 5.50. The van der Waals surface area contributed by atoms with Crippen LogP contribution in [-0.4, -0.2) is 32.6 Å². The van der Waals surface area contributed by atoms with E-state index in [1.54, 1.807) is 18.3 Å². The van der Waals surface area contributed by atoms with Gasteiger partial charge in [0.15, 0.2) is 0 Å². The molecule has 0 radical (unpaired) electrons. The lowest BCUT2D eigenvalue weighted by atomic mass is 10.3. The zero-order valence-corrected chi connectivity index (χ0v) is 11.1. The molecule has 2 aromatic heterocycles. The highest BCUT2D eigenvalue weighted by atomic mass is 79.9. The summed E-state index contributed by atoms with van der Waals surface area (Å²) in [5, 5.41) is 9.34. The Labute approximate surface area is 112 Å². The molecule has 18 heavy (non-hydrogen) atoms. The fourth-order valence-corrected chi connectivity index (χ4v) is 1.88. The van der Waals surface area contributed by atoms with Crippen molar-refractivity contribution in [2.24, 2.45) is 0 Å². The first-order valence-corrected chi connectivity index (χ1v) is 6.29. The number of pyridine rings is 1. The van der Waals surface area contributed by atoms with Gasteiger partial charge in [0.2, 0.25) is 0 Å². The second kappa shape index (κ2) is 6.25. The van der Waals surface area contributed by atoms with Gasteiger partial charge in [0.25, 0.3) is 5.91 Å². The van der Waals surface area contributed by atoms with E-state index in [0.717, 1.165) is 18.7 Å². The largest absolute Gasteiger partial charge is 0.351 e. The number of rotatable bonds is 5. The summed E-state index contributed by atoms with van der Waals surface area (Å²) >= 11 is 3.29. The topological polar surface area (TPSA) is 83.6 Å². The van der Waals surface area contributed by atoms with Gasteiger partial charge in [0.05, 0.1) is 0 Å². The Bertz CT molecular complexity index is 514. The number of aromatic nitrogens is 4. The van der Waals surface area contributed by atoms with Crippen LogP contribution in [0.1, 0.15) is 22.7 Å². The lowest BCUT2D eigenvalue weighted by Crippen LogP contribution is -2.26. The third-order valence-corrected chi connectivity index (χ3v) is 2.95. The van der Waals surface area contributed by atoms with E-state index in [2.05, 4.69) is 41.4 Å². The molecule has 0 aromatic carbocycles. The second-order valence-electron chi connectivity index (χ2n) is 3.63. The van der Waals surface area contributed by atoms with Crippen LogP contribution in [0.2, 0.25) is 0 Å². The average molecular weight is 310 g/mol. The van der Waals surface area contributed by atoms with Gasteiger partial charge >= 0.3 is 0 Å². The quantitative estimate of drug-likeness (QED) is 0.816. The maximum atomic E-state index is 11.8.